The van der Waals surface area contributed by atoms with E-state index in [0.29, 0.717) is 23.4 Å². The van der Waals surface area contributed by atoms with Crippen LogP contribution in [0.3, 0.4) is 0 Å². The molecule has 0 saturated heterocycles. The first-order valence-corrected chi connectivity index (χ1v) is 15.3. The Morgan fingerprint density at radius 1 is 0.683 bits per heavy atom. The lowest BCUT2D eigenvalue weighted by atomic mass is 10.0. The van der Waals surface area contributed by atoms with Crippen molar-refractivity contribution in [3.05, 3.63) is 54.1 Å². The topological polar surface area (TPSA) is 111 Å². The number of carbonyl (C=O) groups is 3. The fraction of sp³-hybridized carbons (Fsp3) is 0.545. The third kappa shape index (κ3) is 14.6. The maximum atomic E-state index is 12.6. The Hall–Kier alpha value is -3.55. The molecule has 8 nitrogen and oxygen atoms in total. The third-order valence-corrected chi connectivity index (χ3v) is 7.14. The van der Waals surface area contributed by atoms with Crippen molar-refractivity contribution in [1.29, 1.82) is 0 Å². The Bertz CT molecular complexity index is 1070. The van der Waals surface area contributed by atoms with Gasteiger partial charge in [-0.05, 0) is 55.0 Å². The minimum atomic E-state index is -0.961. The summed E-state index contributed by atoms with van der Waals surface area (Å²) in [5, 5.41) is 19.7. The average molecular weight is 565 g/mol. The zero-order valence-electron chi connectivity index (χ0n) is 24.9. The highest BCUT2D eigenvalue weighted by molar-refractivity contribution is 5.94. The van der Waals surface area contributed by atoms with E-state index in [1.807, 2.05) is 24.3 Å². The van der Waals surface area contributed by atoms with Gasteiger partial charge in [0.1, 0.15) is 0 Å². The van der Waals surface area contributed by atoms with E-state index in [4.69, 9.17) is 5.11 Å². The van der Waals surface area contributed by atoms with Crippen molar-refractivity contribution in [2.45, 2.75) is 103 Å². The fourth-order valence-corrected chi connectivity index (χ4v) is 4.53. The van der Waals surface area contributed by atoms with Crippen LogP contribution in [0.2, 0.25) is 0 Å². The molecule has 0 fully saturated rings. The van der Waals surface area contributed by atoms with Crippen LogP contribution in [-0.4, -0.2) is 36.5 Å². The zero-order valence-corrected chi connectivity index (χ0v) is 24.9. The maximum Gasteiger partial charge on any atom is 0.305 e. The van der Waals surface area contributed by atoms with E-state index >= 15 is 0 Å². The number of carboxylic acid groups (broad SMARTS) is 1. The van der Waals surface area contributed by atoms with Crippen molar-refractivity contribution < 1.29 is 19.5 Å². The SMILES string of the molecule is CCCCCCCCCCCCCCCC(=O)N(C)c1ccc(N=Nc2ccc(C(=O)NCCC(=O)O)cc2)cc1. The predicted molar refractivity (Wildman–Crippen MR) is 165 cm³/mol. The van der Waals surface area contributed by atoms with Crippen molar-refractivity contribution in [1.82, 2.24) is 5.32 Å². The summed E-state index contributed by atoms with van der Waals surface area (Å²) in [4.78, 5) is 36.9. The molecule has 0 saturated carbocycles. The lowest BCUT2D eigenvalue weighted by Crippen LogP contribution is -2.25. The van der Waals surface area contributed by atoms with Gasteiger partial charge in [-0.3, -0.25) is 14.4 Å². The molecule has 224 valence electrons. The van der Waals surface area contributed by atoms with Gasteiger partial charge in [0.25, 0.3) is 5.91 Å². The number of hydrogen-bond acceptors (Lipinski definition) is 5. The second-order valence-corrected chi connectivity index (χ2v) is 10.6. The Morgan fingerprint density at radius 2 is 1.15 bits per heavy atom. The van der Waals surface area contributed by atoms with Crippen LogP contribution in [0.4, 0.5) is 17.1 Å². The second-order valence-electron chi connectivity index (χ2n) is 10.6. The van der Waals surface area contributed by atoms with Crippen molar-refractivity contribution in [2.75, 3.05) is 18.5 Å². The van der Waals surface area contributed by atoms with Crippen molar-refractivity contribution in [3.8, 4) is 0 Å². The van der Waals surface area contributed by atoms with Gasteiger partial charge in [0.15, 0.2) is 0 Å². The van der Waals surface area contributed by atoms with Crippen LogP contribution in [0.1, 0.15) is 114 Å². The van der Waals surface area contributed by atoms with Crippen molar-refractivity contribution in [2.24, 2.45) is 10.2 Å². The molecule has 0 spiro atoms. The first-order chi connectivity index (χ1) is 19.9. The zero-order chi connectivity index (χ0) is 29.7. The summed E-state index contributed by atoms with van der Waals surface area (Å²) < 4.78 is 0. The second kappa shape index (κ2) is 20.3. The van der Waals surface area contributed by atoms with Gasteiger partial charge in [0.2, 0.25) is 5.91 Å². The molecule has 0 unspecified atom stereocenters. The molecule has 0 aliphatic carbocycles. The molecule has 0 aliphatic heterocycles. The van der Waals surface area contributed by atoms with Gasteiger partial charge in [-0.2, -0.15) is 10.2 Å². The van der Waals surface area contributed by atoms with Gasteiger partial charge in [-0.25, -0.2) is 0 Å². The monoisotopic (exact) mass is 564 g/mol. The number of unbranched alkanes of at least 4 members (excludes halogenated alkanes) is 12. The van der Waals surface area contributed by atoms with Gasteiger partial charge >= 0.3 is 5.97 Å². The quantitative estimate of drug-likeness (QED) is 0.117. The van der Waals surface area contributed by atoms with Crippen LogP contribution in [0.25, 0.3) is 0 Å². The van der Waals surface area contributed by atoms with Crippen LogP contribution < -0.4 is 10.2 Å². The number of nitrogens with one attached hydrogen (secondary N) is 1. The number of rotatable bonds is 21. The largest absolute Gasteiger partial charge is 0.481 e. The van der Waals surface area contributed by atoms with Gasteiger partial charge < -0.3 is 15.3 Å². The molecule has 2 rings (SSSR count). The summed E-state index contributed by atoms with van der Waals surface area (Å²) in [7, 11) is 1.81. The van der Waals surface area contributed by atoms with Gasteiger partial charge in [-0.15, -0.1) is 0 Å². The average Bonchev–Trinajstić information content (AvgIpc) is 2.98. The van der Waals surface area contributed by atoms with Crippen LogP contribution in [0.5, 0.6) is 0 Å². The number of benzene rings is 2. The summed E-state index contributed by atoms with van der Waals surface area (Å²) in [5.41, 5.74) is 2.48. The molecule has 2 N–H and O–H groups in total. The molecule has 0 aromatic heterocycles. The molecule has 2 aromatic rings. The molecular formula is C33H48N4O4. The smallest absolute Gasteiger partial charge is 0.305 e. The minimum absolute atomic E-state index is 0.0752. The Labute approximate surface area is 245 Å². The number of carboxylic acids is 1. The van der Waals surface area contributed by atoms with E-state index in [-0.39, 0.29) is 24.8 Å². The third-order valence-electron chi connectivity index (χ3n) is 7.14. The van der Waals surface area contributed by atoms with E-state index < -0.39 is 5.97 Å². The number of azo groups is 1. The Kier molecular flexibility index (Phi) is 16.7. The first-order valence-electron chi connectivity index (χ1n) is 15.3. The van der Waals surface area contributed by atoms with Gasteiger partial charge in [0, 0.05) is 31.3 Å². The van der Waals surface area contributed by atoms with E-state index in [1.54, 1.807) is 36.2 Å². The molecule has 8 heteroatoms. The van der Waals surface area contributed by atoms with Crippen LogP contribution >= 0.6 is 0 Å². The summed E-state index contributed by atoms with van der Waals surface area (Å²) in [6, 6.07) is 13.9. The lowest BCUT2D eigenvalue weighted by molar-refractivity contribution is -0.136. The molecule has 2 amide bonds. The normalized spacial score (nSPS) is 11.1. The summed E-state index contributed by atoms with van der Waals surface area (Å²) in [5.74, 6) is -1.18. The van der Waals surface area contributed by atoms with E-state index in [1.165, 1.54) is 70.6 Å². The first kappa shape index (κ1) is 33.7. The van der Waals surface area contributed by atoms with E-state index in [0.717, 1.165) is 18.5 Å². The Balaban J connectivity index is 1.63. The van der Waals surface area contributed by atoms with E-state index in [2.05, 4.69) is 22.5 Å². The molecule has 0 bridgehead atoms. The van der Waals surface area contributed by atoms with Crippen molar-refractivity contribution >= 4 is 34.8 Å². The molecule has 0 radical (unpaired) electrons. The highest BCUT2D eigenvalue weighted by atomic mass is 16.4. The van der Waals surface area contributed by atoms with Crippen molar-refractivity contribution in [3.63, 3.8) is 0 Å². The molecule has 0 atom stereocenters. The maximum absolute atomic E-state index is 12.6. The highest BCUT2D eigenvalue weighted by Gasteiger charge is 2.11. The minimum Gasteiger partial charge on any atom is -0.481 e. The standard InChI is InChI=1S/C33H48N4O4/c1-3-4-5-6-7-8-9-10-11-12-13-14-15-16-31(38)37(2)30-23-21-29(22-24-30)36-35-28-19-17-27(18-20-28)33(41)34-26-25-32(39)40/h17-24H,3-16,25-26H2,1-2H3,(H,34,41)(H,39,40). The number of hydrogen-bond donors (Lipinski definition) is 2. The molecule has 0 aliphatic rings. The Morgan fingerprint density at radius 3 is 1.63 bits per heavy atom. The molecule has 0 heterocycles. The van der Waals surface area contributed by atoms with Gasteiger partial charge in [-0.1, -0.05) is 84.0 Å². The summed E-state index contributed by atoms with van der Waals surface area (Å²) >= 11 is 0. The number of anilines is 1. The summed E-state index contributed by atoms with van der Waals surface area (Å²) in [6.45, 7) is 2.34. The van der Waals surface area contributed by atoms with Crippen LogP contribution in [-0.2, 0) is 9.59 Å². The fourth-order valence-electron chi connectivity index (χ4n) is 4.53. The lowest BCUT2D eigenvalue weighted by Gasteiger charge is -2.17. The highest BCUT2D eigenvalue weighted by Crippen LogP contribution is 2.23. The number of carbonyl (C=O) groups excluding carboxylic acids is 2. The summed E-state index contributed by atoms with van der Waals surface area (Å²) in [6.07, 6.45) is 17.2. The predicted octanol–water partition coefficient (Wildman–Crippen LogP) is 8.75. The van der Waals surface area contributed by atoms with E-state index in [9.17, 15) is 14.4 Å². The molecule has 2 aromatic carbocycles. The number of aliphatic carboxylic acids is 1. The van der Waals surface area contributed by atoms with Gasteiger partial charge in [0.05, 0.1) is 17.8 Å². The van der Waals surface area contributed by atoms with Crippen LogP contribution in [0.15, 0.2) is 58.8 Å². The molecule has 41 heavy (non-hydrogen) atoms. The van der Waals surface area contributed by atoms with Crippen LogP contribution in [0, 0.1) is 0 Å². The number of amides is 2. The number of nitrogens with zero attached hydrogens (tertiary/aromatic N) is 3. The molecular weight excluding hydrogens is 516 g/mol.